The van der Waals surface area contributed by atoms with Gasteiger partial charge in [0.2, 0.25) is 0 Å². The predicted molar refractivity (Wildman–Crippen MR) is 65.4 cm³/mol. The molecule has 2 aliphatic rings. The third-order valence-electron chi connectivity index (χ3n) is 3.80. The fourth-order valence-electron chi connectivity index (χ4n) is 2.77. The summed E-state index contributed by atoms with van der Waals surface area (Å²) in [6, 6.07) is -0.853. The standard InChI is InChI=1S/C12H16N4O3/c17-11(18)9-2-1-4-16(9)12(19)15-7-6-14-5-3-13-10(14)8-15/h3,5,9H,1-2,4,6-8H2,(H,17,18)/t9-/m0/s1. The monoisotopic (exact) mass is 264 g/mol. The summed E-state index contributed by atoms with van der Waals surface area (Å²) >= 11 is 0. The molecule has 0 saturated carbocycles. The number of nitrogens with zero attached hydrogens (tertiary/aromatic N) is 4. The Balaban J connectivity index is 1.73. The molecule has 0 aliphatic carbocycles. The number of aromatic nitrogens is 2. The van der Waals surface area contributed by atoms with Crippen molar-refractivity contribution in [1.29, 1.82) is 0 Å². The molecule has 7 nitrogen and oxygen atoms in total. The zero-order valence-electron chi connectivity index (χ0n) is 10.5. The lowest BCUT2D eigenvalue weighted by atomic mass is 10.2. The maximum Gasteiger partial charge on any atom is 0.326 e. The van der Waals surface area contributed by atoms with Gasteiger partial charge in [0.05, 0.1) is 6.54 Å². The van der Waals surface area contributed by atoms with Gasteiger partial charge in [0.25, 0.3) is 0 Å². The first-order valence-electron chi connectivity index (χ1n) is 6.45. The van der Waals surface area contributed by atoms with Crippen molar-refractivity contribution >= 4 is 12.0 Å². The van der Waals surface area contributed by atoms with Crippen molar-refractivity contribution in [3.63, 3.8) is 0 Å². The molecule has 1 aromatic heterocycles. The number of carboxylic acids is 1. The number of aliphatic carboxylic acids is 1. The van der Waals surface area contributed by atoms with Crippen molar-refractivity contribution < 1.29 is 14.7 Å². The Labute approximate surface area is 110 Å². The molecule has 0 spiro atoms. The van der Waals surface area contributed by atoms with Gasteiger partial charge in [-0.3, -0.25) is 0 Å². The summed E-state index contributed by atoms with van der Waals surface area (Å²) in [6.45, 7) is 2.30. The number of urea groups is 1. The lowest BCUT2D eigenvalue weighted by molar-refractivity contribution is -0.141. The largest absolute Gasteiger partial charge is 0.480 e. The van der Waals surface area contributed by atoms with E-state index in [2.05, 4.69) is 4.98 Å². The minimum absolute atomic E-state index is 0.181. The van der Waals surface area contributed by atoms with E-state index in [9.17, 15) is 9.59 Å². The zero-order valence-corrected chi connectivity index (χ0v) is 10.5. The van der Waals surface area contributed by atoms with Crippen LogP contribution in [0.5, 0.6) is 0 Å². The lowest BCUT2D eigenvalue weighted by Gasteiger charge is -2.33. The number of hydrogen-bond acceptors (Lipinski definition) is 3. The van der Waals surface area contributed by atoms with Gasteiger partial charge in [0, 0.05) is 32.0 Å². The molecule has 7 heteroatoms. The highest BCUT2D eigenvalue weighted by atomic mass is 16.4. The van der Waals surface area contributed by atoms with Crippen LogP contribution in [-0.4, -0.2) is 55.6 Å². The zero-order chi connectivity index (χ0) is 13.4. The Morgan fingerprint density at radius 3 is 2.95 bits per heavy atom. The van der Waals surface area contributed by atoms with E-state index in [4.69, 9.17) is 5.11 Å². The van der Waals surface area contributed by atoms with E-state index in [0.717, 1.165) is 12.2 Å². The first-order valence-corrected chi connectivity index (χ1v) is 6.45. The van der Waals surface area contributed by atoms with Gasteiger partial charge in [-0.25, -0.2) is 14.6 Å². The molecule has 3 rings (SSSR count). The Morgan fingerprint density at radius 1 is 1.32 bits per heavy atom. The number of amides is 2. The molecule has 2 amide bonds. The molecular formula is C12H16N4O3. The molecule has 0 unspecified atom stereocenters. The highest BCUT2D eigenvalue weighted by molar-refractivity contribution is 5.83. The van der Waals surface area contributed by atoms with Gasteiger partial charge in [-0.05, 0) is 12.8 Å². The highest BCUT2D eigenvalue weighted by Gasteiger charge is 2.37. The van der Waals surface area contributed by atoms with E-state index in [0.29, 0.717) is 32.6 Å². The second-order valence-corrected chi connectivity index (χ2v) is 4.93. The van der Waals surface area contributed by atoms with Crippen LogP contribution in [0.2, 0.25) is 0 Å². The van der Waals surface area contributed by atoms with Gasteiger partial charge in [0.15, 0.2) is 0 Å². The van der Waals surface area contributed by atoms with E-state index < -0.39 is 12.0 Å². The van der Waals surface area contributed by atoms with E-state index in [1.807, 2.05) is 10.8 Å². The minimum Gasteiger partial charge on any atom is -0.480 e. The summed E-state index contributed by atoms with van der Waals surface area (Å²) in [4.78, 5) is 30.9. The van der Waals surface area contributed by atoms with Crippen LogP contribution in [0, 0.1) is 0 Å². The number of hydrogen-bond donors (Lipinski definition) is 1. The normalized spacial score (nSPS) is 22.4. The number of likely N-dealkylation sites (tertiary alicyclic amines) is 1. The van der Waals surface area contributed by atoms with E-state index >= 15 is 0 Å². The molecule has 0 bridgehead atoms. The molecule has 1 fully saturated rings. The van der Waals surface area contributed by atoms with Crippen molar-refractivity contribution in [2.45, 2.75) is 32.0 Å². The second-order valence-electron chi connectivity index (χ2n) is 4.93. The second kappa shape index (κ2) is 4.56. The van der Waals surface area contributed by atoms with Crippen molar-refractivity contribution in [1.82, 2.24) is 19.4 Å². The number of imidazole rings is 1. The van der Waals surface area contributed by atoms with Crippen molar-refractivity contribution in [3.05, 3.63) is 18.2 Å². The number of carbonyl (C=O) groups excluding carboxylic acids is 1. The number of rotatable bonds is 1. The smallest absolute Gasteiger partial charge is 0.326 e. The summed E-state index contributed by atoms with van der Waals surface area (Å²) in [5.41, 5.74) is 0. The molecular weight excluding hydrogens is 248 g/mol. The van der Waals surface area contributed by atoms with Crippen LogP contribution in [0.25, 0.3) is 0 Å². The molecule has 19 heavy (non-hydrogen) atoms. The minimum atomic E-state index is -0.913. The Morgan fingerprint density at radius 2 is 2.16 bits per heavy atom. The van der Waals surface area contributed by atoms with E-state index in [-0.39, 0.29) is 6.03 Å². The van der Waals surface area contributed by atoms with Crippen LogP contribution in [0.3, 0.4) is 0 Å². The van der Waals surface area contributed by atoms with Crippen LogP contribution >= 0.6 is 0 Å². The van der Waals surface area contributed by atoms with Gasteiger partial charge in [-0.1, -0.05) is 0 Å². The van der Waals surface area contributed by atoms with Crippen molar-refractivity contribution in [2.24, 2.45) is 0 Å². The highest BCUT2D eigenvalue weighted by Crippen LogP contribution is 2.21. The van der Waals surface area contributed by atoms with Crippen LogP contribution in [0.15, 0.2) is 12.4 Å². The topological polar surface area (TPSA) is 78.7 Å². The predicted octanol–water partition coefficient (Wildman–Crippen LogP) is 0.368. The van der Waals surface area contributed by atoms with Crippen LogP contribution in [0.4, 0.5) is 4.79 Å². The Hall–Kier alpha value is -2.05. The summed E-state index contributed by atoms with van der Waals surface area (Å²) in [7, 11) is 0. The lowest BCUT2D eigenvalue weighted by Crippen LogP contribution is -2.50. The molecule has 1 saturated heterocycles. The van der Waals surface area contributed by atoms with E-state index in [1.54, 1.807) is 11.1 Å². The molecule has 1 atom stereocenters. The summed E-state index contributed by atoms with van der Waals surface area (Å²) in [5, 5.41) is 9.13. The first-order chi connectivity index (χ1) is 9.16. The summed E-state index contributed by atoms with van der Waals surface area (Å²) in [6.07, 6.45) is 4.92. The first kappa shape index (κ1) is 12.0. The fraction of sp³-hybridized carbons (Fsp3) is 0.583. The number of carboxylic acid groups (broad SMARTS) is 1. The number of carbonyl (C=O) groups is 2. The maximum atomic E-state index is 12.4. The van der Waals surface area contributed by atoms with Crippen molar-refractivity contribution in [3.8, 4) is 0 Å². The van der Waals surface area contributed by atoms with Crippen LogP contribution in [-0.2, 0) is 17.9 Å². The molecule has 0 radical (unpaired) electrons. The van der Waals surface area contributed by atoms with Gasteiger partial charge >= 0.3 is 12.0 Å². The molecule has 2 aliphatic heterocycles. The average molecular weight is 264 g/mol. The molecule has 1 N–H and O–H groups in total. The number of fused-ring (bicyclic) bond motifs is 1. The molecule has 0 aromatic carbocycles. The van der Waals surface area contributed by atoms with Crippen LogP contribution < -0.4 is 0 Å². The third kappa shape index (κ3) is 2.05. The quantitative estimate of drug-likeness (QED) is 0.794. The SMILES string of the molecule is O=C(O)[C@@H]1CCCN1C(=O)N1CCn2ccnc2C1. The summed E-state index contributed by atoms with van der Waals surface area (Å²) < 4.78 is 2.02. The Kier molecular flexibility index (Phi) is 2.88. The van der Waals surface area contributed by atoms with Crippen molar-refractivity contribution in [2.75, 3.05) is 13.1 Å². The molecule has 3 heterocycles. The van der Waals surface area contributed by atoms with E-state index in [1.165, 1.54) is 4.90 Å². The average Bonchev–Trinajstić information content (AvgIpc) is 3.05. The molecule has 1 aromatic rings. The Bertz CT molecular complexity index is 513. The van der Waals surface area contributed by atoms with Gasteiger partial charge in [-0.15, -0.1) is 0 Å². The van der Waals surface area contributed by atoms with Gasteiger partial charge < -0.3 is 19.5 Å². The molecule has 102 valence electrons. The summed E-state index contributed by atoms with van der Waals surface area (Å²) in [5.74, 6) is -0.0602. The van der Waals surface area contributed by atoms with Gasteiger partial charge in [0.1, 0.15) is 11.9 Å². The fourth-order valence-corrected chi connectivity index (χ4v) is 2.77. The third-order valence-corrected chi connectivity index (χ3v) is 3.80. The van der Waals surface area contributed by atoms with Gasteiger partial charge in [-0.2, -0.15) is 0 Å². The maximum absolute atomic E-state index is 12.4. The van der Waals surface area contributed by atoms with Crippen LogP contribution in [0.1, 0.15) is 18.7 Å².